The number of nitrogens with one attached hydrogen (secondary N) is 2. The molecule has 3 fully saturated rings. The number of ether oxygens (including phenoxy) is 2. The summed E-state index contributed by atoms with van der Waals surface area (Å²) in [6.07, 6.45) is 9.56. The lowest BCUT2D eigenvalue weighted by atomic mass is 9.80. The third-order valence-electron chi connectivity index (χ3n) is 14.6. The predicted octanol–water partition coefficient (Wildman–Crippen LogP) is 8.72. The number of alkyl carbamates (subject to hydrolysis) is 2. The molecule has 2 unspecified atom stereocenters. The first-order chi connectivity index (χ1) is 32.2. The fourth-order valence-electron chi connectivity index (χ4n) is 11.3. The van der Waals surface area contributed by atoms with Gasteiger partial charge in [0, 0.05) is 61.8 Å². The van der Waals surface area contributed by atoms with Crippen LogP contribution in [0.15, 0.2) is 119 Å². The molecule has 3 saturated heterocycles. The van der Waals surface area contributed by atoms with E-state index in [9.17, 15) is 19.2 Å². The van der Waals surface area contributed by atoms with E-state index in [-0.39, 0.29) is 23.9 Å². The molecule has 0 spiro atoms. The highest BCUT2D eigenvalue weighted by Gasteiger charge is 2.46. The van der Waals surface area contributed by atoms with E-state index in [1.165, 1.54) is 47.6 Å². The van der Waals surface area contributed by atoms with Crippen LogP contribution >= 0.6 is 0 Å². The Morgan fingerprint density at radius 1 is 0.561 bits per heavy atom. The zero-order valence-electron chi connectivity index (χ0n) is 37.6. The molecule has 0 aliphatic carbocycles. The third kappa shape index (κ3) is 7.88. The summed E-state index contributed by atoms with van der Waals surface area (Å²) in [7, 11) is 4.85. The van der Waals surface area contributed by atoms with Gasteiger partial charge in [-0.05, 0) is 101 Å². The summed E-state index contributed by atoms with van der Waals surface area (Å²) in [5, 5.41) is 5.53. The van der Waals surface area contributed by atoms with Gasteiger partial charge in [0.2, 0.25) is 11.8 Å². The zero-order valence-corrected chi connectivity index (χ0v) is 37.6. The highest BCUT2D eigenvalue weighted by Crippen LogP contribution is 2.57. The number of nitrogens with zero attached hydrogens (tertiary/aromatic N) is 5. The fraction of sp³-hybridized carbons (Fsp3) is 0.358. The molecule has 4 amide bonds. The second-order valence-electron chi connectivity index (χ2n) is 18.1. The van der Waals surface area contributed by atoms with Crippen molar-refractivity contribution < 1.29 is 28.7 Å². The van der Waals surface area contributed by atoms with Crippen molar-refractivity contribution in [3.8, 4) is 11.1 Å². The van der Waals surface area contributed by atoms with Crippen LogP contribution in [0, 0.1) is 0 Å². The van der Waals surface area contributed by atoms with Crippen molar-refractivity contribution in [3.63, 3.8) is 0 Å². The van der Waals surface area contributed by atoms with Gasteiger partial charge in [-0.1, -0.05) is 97.1 Å². The Balaban J connectivity index is 0.839. The minimum absolute atomic E-state index is 0.150. The topological polar surface area (TPSA) is 145 Å². The summed E-state index contributed by atoms with van der Waals surface area (Å²) in [4.78, 5) is 69.2. The zero-order chi connectivity index (χ0) is 45.5. The maximum Gasteiger partial charge on any atom is 0.407 e. The number of allylic oxidation sites excluding steroid dienone is 2. The SMILES string of the molecule is COC(=O)N[C@H](C(=O)N1CCC[C@H]1C1=NC=C(c2ccc(-c3ccc(C4=CN=C([C@@H]5CCCN5C(=O)[C@@H](NC(=O)OC)c5ccccc5)C4)c4c3C3CCC4N3C)cc2)C1)c1ccccc1. The van der Waals surface area contributed by atoms with Gasteiger partial charge in [0.25, 0.3) is 0 Å². The minimum atomic E-state index is -0.858. The van der Waals surface area contributed by atoms with Crippen LogP contribution in [-0.4, -0.2) is 96.6 Å². The lowest BCUT2D eigenvalue weighted by Gasteiger charge is -2.29. The van der Waals surface area contributed by atoms with Crippen molar-refractivity contribution in [2.24, 2.45) is 9.98 Å². The summed E-state index contributed by atoms with van der Waals surface area (Å²) in [5.74, 6) is -0.325. The van der Waals surface area contributed by atoms with Gasteiger partial charge in [0.1, 0.15) is 12.1 Å². The van der Waals surface area contributed by atoms with E-state index in [0.717, 1.165) is 61.1 Å². The van der Waals surface area contributed by atoms with Crippen LogP contribution in [0.4, 0.5) is 9.59 Å². The van der Waals surface area contributed by atoms with Crippen LogP contribution < -0.4 is 10.6 Å². The van der Waals surface area contributed by atoms with E-state index in [2.05, 4.69) is 59.0 Å². The molecule has 4 aromatic rings. The Morgan fingerprint density at radius 2 is 1.02 bits per heavy atom. The first-order valence-electron chi connectivity index (χ1n) is 23.1. The van der Waals surface area contributed by atoms with Crippen LogP contribution in [0.1, 0.15) is 109 Å². The fourth-order valence-corrected chi connectivity index (χ4v) is 11.3. The van der Waals surface area contributed by atoms with Gasteiger partial charge >= 0.3 is 12.2 Å². The predicted molar refractivity (Wildman–Crippen MR) is 253 cm³/mol. The molecule has 6 aliphatic heterocycles. The quantitative estimate of drug-likeness (QED) is 0.153. The van der Waals surface area contributed by atoms with Gasteiger partial charge in [-0.15, -0.1) is 0 Å². The van der Waals surface area contributed by atoms with Crippen molar-refractivity contribution >= 4 is 46.6 Å². The van der Waals surface area contributed by atoms with Gasteiger partial charge in [0.05, 0.1) is 26.3 Å². The van der Waals surface area contributed by atoms with Gasteiger partial charge in [-0.3, -0.25) is 24.5 Å². The third-order valence-corrected chi connectivity index (χ3v) is 14.6. The molecule has 66 heavy (non-hydrogen) atoms. The Hall–Kier alpha value is -6.86. The number of hydrogen-bond donors (Lipinski definition) is 2. The maximum atomic E-state index is 14.2. The number of carbonyl (C=O) groups is 4. The molecule has 338 valence electrons. The number of amides is 4. The molecule has 6 heterocycles. The minimum Gasteiger partial charge on any atom is -0.453 e. The molecule has 13 heteroatoms. The van der Waals surface area contributed by atoms with Gasteiger partial charge in [-0.25, -0.2) is 9.59 Å². The smallest absolute Gasteiger partial charge is 0.407 e. The van der Waals surface area contributed by atoms with Crippen molar-refractivity contribution in [3.05, 3.63) is 143 Å². The standard InChI is InChI=1S/C53H55N7O6/c1-58-44-24-25-45(58)47-39(37-29-41(55-31-37)43-17-11-27-60(43)51(62)49(57-53(64)66-3)35-14-8-5-9-15-35)23-22-38(46(44)47)33-20-18-32(19-21-33)36-28-40(54-30-36)42-16-10-26-59(42)50(61)48(56-52(63)65-2)34-12-6-4-7-13-34/h4-9,12-15,18-23,30-31,42-45,48-49H,10-11,16-17,24-29H2,1-3H3,(H,56,63)(H,57,64)/t42-,43-,44?,45?,48-,49-/m0/s1. The first-order valence-corrected chi connectivity index (χ1v) is 23.1. The molecule has 0 radical (unpaired) electrons. The molecular weight excluding hydrogens is 831 g/mol. The van der Waals surface area contributed by atoms with Crippen LogP contribution in [0.25, 0.3) is 22.3 Å². The summed E-state index contributed by atoms with van der Waals surface area (Å²) < 4.78 is 9.78. The first kappa shape index (κ1) is 43.1. The largest absolute Gasteiger partial charge is 0.453 e. The molecule has 13 nitrogen and oxygen atoms in total. The average Bonchev–Trinajstić information content (AvgIpc) is 4.24. The molecule has 6 atom stereocenters. The highest BCUT2D eigenvalue weighted by molar-refractivity contribution is 6.05. The number of hydrogen-bond acceptors (Lipinski definition) is 9. The maximum absolute atomic E-state index is 14.2. The monoisotopic (exact) mass is 885 g/mol. The molecule has 2 bridgehead atoms. The molecule has 2 N–H and O–H groups in total. The van der Waals surface area contributed by atoms with E-state index in [4.69, 9.17) is 19.5 Å². The summed E-state index contributed by atoms with van der Waals surface area (Å²) in [6.45, 7) is 1.19. The van der Waals surface area contributed by atoms with Crippen molar-refractivity contribution in [2.75, 3.05) is 34.4 Å². The summed E-state index contributed by atoms with van der Waals surface area (Å²) in [6, 6.07) is 30.6. The Labute approximate surface area is 385 Å². The van der Waals surface area contributed by atoms with Crippen LogP contribution in [-0.2, 0) is 19.1 Å². The Kier molecular flexibility index (Phi) is 11.9. The average molecular weight is 886 g/mol. The molecular formula is C53H55N7O6. The van der Waals surface area contributed by atoms with E-state index in [1.807, 2.05) is 82.9 Å². The Bertz CT molecular complexity index is 2680. The van der Waals surface area contributed by atoms with E-state index in [1.54, 1.807) is 0 Å². The normalized spacial score (nSPS) is 22.8. The molecule has 4 aromatic carbocycles. The molecule has 0 aromatic heterocycles. The molecule has 0 saturated carbocycles. The van der Waals surface area contributed by atoms with Crippen molar-refractivity contribution in [1.82, 2.24) is 25.3 Å². The van der Waals surface area contributed by atoms with E-state index in [0.29, 0.717) is 49.1 Å². The highest BCUT2D eigenvalue weighted by atomic mass is 16.5. The van der Waals surface area contributed by atoms with Crippen molar-refractivity contribution in [2.45, 2.75) is 87.6 Å². The van der Waals surface area contributed by atoms with E-state index >= 15 is 0 Å². The van der Waals surface area contributed by atoms with Gasteiger partial charge in [-0.2, -0.15) is 0 Å². The van der Waals surface area contributed by atoms with Crippen molar-refractivity contribution in [1.29, 1.82) is 0 Å². The number of methoxy groups -OCH3 is 2. The van der Waals surface area contributed by atoms with Gasteiger partial charge in [0.15, 0.2) is 0 Å². The Morgan fingerprint density at radius 3 is 1.53 bits per heavy atom. The van der Waals surface area contributed by atoms with Gasteiger partial charge < -0.3 is 29.9 Å². The summed E-state index contributed by atoms with van der Waals surface area (Å²) in [5.41, 5.74) is 13.2. The number of rotatable bonds is 11. The van der Waals surface area contributed by atoms with E-state index < -0.39 is 24.3 Å². The summed E-state index contributed by atoms with van der Waals surface area (Å²) >= 11 is 0. The second-order valence-corrected chi connectivity index (χ2v) is 18.1. The van der Waals surface area contributed by atoms with Crippen LogP contribution in [0.2, 0.25) is 0 Å². The number of benzene rings is 4. The lowest BCUT2D eigenvalue weighted by molar-refractivity contribution is -0.134. The number of fused-ring (bicyclic) bond motifs is 5. The number of aliphatic imine (C=N–C) groups is 2. The number of likely N-dealkylation sites (tertiary alicyclic amines) is 2. The van der Waals surface area contributed by atoms with Crippen LogP contribution in [0.5, 0.6) is 0 Å². The molecule has 6 aliphatic rings. The molecule has 10 rings (SSSR count). The lowest BCUT2D eigenvalue weighted by Crippen LogP contribution is -2.47. The van der Waals surface area contributed by atoms with Crippen LogP contribution in [0.3, 0.4) is 0 Å². The second kappa shape index (κ2) is 18.2. The number of carbonyl (C=O) groups excluding carboxylic acids is 4.